The summed E-state index contributed by atoms with van der Waals surface area (Å²) in [4.78, 5) is 13.9. The number of hydrazone groups is 1. The zero-order chi connectivity index (χ0) is 25.8. The van der Waals surface area contributed by atoms with Crippen LogP contribution in [0.1, 0.15) is 33.9 Å². The van der Waals surface area contributed by atoms with Crippen LogP contribution in [0, 0.1) is 0 Å². The van der Waals surface area contributed by atoms with Crippen molar-refractivity contribution >= 4 is 23.2 Å². The molecule has 9 heteroatoms. The van der Waals surface area contributed by atoms with E-state index in [0.717, 1.165) is 11.1 Å². The first-order valence-corrected chi connectivity index (χ1v) is 11.5. The Morgan fingerprint density at radius 2 is 1.47 bits per heavy atom. The summed E-state index contributed by atoms with van der Waals surface area (Å²) in [6.45, 7) is 0. The Hall–Kier alpha value is -3.91. The molecule has 1 amide bonds. The van der Waals surface area contributed by atoms with E-state index in [1.807, 2.05) is 24.3 Å². The fraction of sp³-hybridized carbons (Fsp3) is 0.259. The van der Waals surface area contributed by atoms with Gasteiger partial charge in [-0.05, 0) is 42.0 Å². The largest absolute Gasteiger partial charge is 0.497 e. The van der Waals surface area contributed by atoms with Crippen LogP contribution in [0.3, 0.4) is 0 Å². The highest BCUT2D eigenvalue weighted by atomic mass is 35.5. The Bertz CT molecular complexity index is 1270. The van der Waals surface area contributed by atoms with Gasteiger partial charge in [0.1, 0.15) is 11.5 Å². The van der Waals surface area contributed by atoms with Gasteiger partial charge in [0.2, 0.25) is 5.75 Å². The van der Waals surface area contributed by atoms with Crippen molar-refractivity contribution in [1.82, 2.24) is 5.01 Å². The molecule has 4 rings (SSSR count). The Morgan fingerprint density at radius 1 is 0.833 bits per heavy atom. The van der Waals surface area contributed by atoms with Gasteiger partial charge in [0.05, 0.1) is 47.3 Å². The van der Waals surface area contributed by atoms with Gasteiger partial charge in [-0.1, -0.05) is 23.7 Å². The van der Waals surface area contributed by atoms with E-state index in [1.54, 1.807) is 44.6 Å². The monoisotopic (exact) mass is 510 g/mol. The van der Waals surface area contributed by atoms with Crippen LogP contribution in [0.4, 0.5) is 0 Å². The second-order valence-electron chi connectivity index (χ2n) is 7.95. The number of benzene rings is 3. The van der Waals surface area contributed by atoms with Crippen LogP contribution in [0.25, 0.3) is 0 Å². The lowest BCUT2D eigenvalue weighted by atomic mass is 9.97. The summed E-state index contributed by atoms with van der Waals surface area (Å²) in [6, 6.07) is 15.8. The van der Waals surface area contributed by atoms with E-state index in [1.165, 1.54) is 26.3 Å². The lowest BCUT2D eigenvalue weighted by Crippen LogP contribution is -2.27. The number of ether oxygens (including phenoxy) is 5. The summed E-state index contributed by atoms with van der Waals surface area (Å²) in [6.07, 6.45) is 0.473. The van der Waals surface area contributed by atoms with Crippen LogP contribution in [-0.4, -0.2) is 52.2 Å². The van der Waals surface area contributed by atoms with E-state index < -0.39 is 0 Å². The molecule has 3 aromatic carbocycles. The van der Waals surface area contributed by atoms with Crippen LogP contribution in [0.2, 0.25) is 5.02 Å². The topological polar surface area (TPSA) is 78.8 Å². The van der Waals surface area contributed by atoms with Crippen LogP contribution in [0.15, 0.2) is 59.7 Å². The maximum absolute atomic E-state index is 13.9. The summed E-state index contributed by atoms with van der Waals surface area (Å²) in [7, 11) is 7.70. The van der Waals surface area contributed by atoms with Crippen molar-refractivity contribution in [3.8, 4) is 28.7 Å². The molecule has 8 nitrogen and oxygen atoms in total. The highest BCUT2D eigenvalue weighted by Crippen LogP contribution is 2.41. The highest BCUT2D eigenvalue weighted by Gasteiger charge is 2.35. The molecular formula is C27H27ClN2O6. The average molecular weight is 511 g/mol. The van der Waals surface area contributed by atoms with E-state index in [0.29, 0.717) is 51.5 Å². The molecule has 0 saturated carbocycles. The van der Waals surface area contributed by atoms with Gasteiger partial charge in [0.25, 0.3) is 5.91 Å². The number of nitrogens with zero attached hydrogens (tertiary/aromatic N) is 2. The van der Waals surface area contributed by atoms with Crippen molar-refractivity contribution in [3.63, 3.8) is 0 Å². The third-order valence-corrected chi connectivity index (χ3v) is 6.26. The molecule has 0 radical (unpaired) electrons. The van der Waals surface area contributed by atoms with Gasteiger partial charge in [0.15, 0.2) is 11.5 Å². The van der Waals surface area contributed by atoms with Gasteiger partial charge in [-0.25, -0.2) is 5.01 Å². The van der Waals surface area contributed by atoms with Crippen LogP contribution >= 0.6 is 11.6 Å². The number of amides is 1. The molecule has 0 saturated heterocycles. The Morgan fingerprint density at radius 3 is 2.03 bits per heavy atom. The smallest absolute Gasteiger partial charge is 0.274 e. The maximum atomic E-state index is 13.9. The quantitative estimate of drug-likeness (QED) is 0.405. The molecule has 0 aliphatic carbocycles. The van der Waals surface area contributed by atoms with Crippen molar-refractivity contribution < 1.29 is 28.5 Å². The van der Waals surface area contributed by atoms with Crippen molar-refractivity contribution in [2.75, 3.05) is 35.5 Å². The van der Waals surface area contributed by atoms with Crippen LogP contribution in [-0.2, 0) is 0 Å². The molecule has 188 valence electrons. The van der Waals surface area contributed by atoms with Crippen LogP contribution in [0.5, 0.6) is 28.7 Å². The summed E-state index contributed by atoms with van der Waals surface area (Å²) in [5, 5.41) is 6.85. The average Bonchev–Trinajstić information content (AvgIpc) is 3.36. The van der Waals surface area contributed by atoms with E-state index in [2.05, 4.69) is 0 Å². The fourth-order valence-corrected chi connectivity index (χ4v) is 4.30. The van der Waals surface area contributed by atoms with E-state index >= 15 is 0 Å². The van der Waals surface area contributed by atoms with Crippen molar-refractivity contribution in [1.29, 1.82) is 0 Å². The third kappa shape index (κ3) is 4.77. The van der Waals surface area contributed by atoms with Gasteiger partial charge < -0.3 is 23.7 Å². The molecule has 3 aromatic rings. The molecular weight excluding hydrogens is 484 g/mol. The highest BCUT2D eigenvalue weighted by molar-refractivity contribution is 6.30. The first-order valence-electron chi connectivity index (χ1n) is 11.1. The van der Waals surface area contributed by atoms with Gasteiger partial charge in [-0.3, -0.25) is 4.79 Å². The molecule has 0 aromatic heterocycles. The summed E-state index contributed by atoms with van der Waals surface area (Å²) in [5.74, 6) is 2.10. The lowest BCUT2D eigenvalue weighted by Gasteiger charge is -2.23. The predicted molar refractivity (Wildman–Crippen MR) is 137 cm³/mol. The minimum absolute atomic E-state index is 0.323. The second kappa shape index (κ2) is 10.8. The van der Waals surface area contributed by atoms with Gasteiger partial charge in [0, 0.05) is 28.6 Å². The summed E-state index contributed by atoms with van der Waals surface area (Å²) >= 11 is 6.12. The van der Waals surface area contributed by atoms with Crippen molar-refractivity contribution in [2.24, 2.45) is 5.10 Å². The number of carbonyl (C=O) groups is 1. The predicted octanol–water partition coefficient (Wildman–Crippen LogP) is 5.37. The lowest BCUT2D eigenvalue weighted by molar-refractivity contribution is 0.0710. The second-order valence-corrected chi connectivity index (χ2v) is 8.38. The Balaban J connectivity index is 1.81. The first-order chi connectivity index (χ1) is 17.4. The molecule has 0 fully saturated rings. The van der Waals surface area contributed by atoms with E-state index in [9.17, 15) is 4.79 Å². The van der Waals surface area contributed by atoms with Crippen molar-refractivity contribution in [2.45, 2.75) is 12.5 Å². The van der Waals surface area contributed by atoms with Gasteiger partial charge >= 0.3 is 0 Å². The normalized spacial score (nSPS) is 14.8. The first kappa shape index (κ1) is 25.2. The molecule has 0 spiro atoms. The minimum atomic E-state index is -0.365. The number of carbonyl (C=O) groups excluding carboxylic acids is 1. The molecule has 0 N–H and O–H groups in total. The number of methoxy groups -OCH3 is 5. The maximum Gasteiger partial charge on any atom is 0.274 e. The fourth-order valence-electron chi connectivity index (χ4n) is 4.18. The SMILES string of the molecule is COc1ccc(C2=NN(C(=O)c3cc(OC)c(OC)c(OC)c3)[C@H](c3ccc(Cl)cc3)C2)c(OC)c1. The zero-order valence-electron chi connectivity index (χ0n) is 20.7. The van der Waals surface area contributed by atoms with E-state index in [4.69, 9.17) is 40.4 Å². The van der Waals surface area contributed by atoms with Crippen molar-refractivity contribution in [3.05, 3.63) is 76.3 Å². The number of hydrogen-bond donors (Lipinski definition) is 0. The number of rotatable bonds is 8. The standard InChI is InChI=1S/C27H27ClN2O6/c1-32-19-10-11-20(23(14-19)33-2)21-15-22(16-6-8-18(28)9-7-16)30(29-21)27(31)17-12-24(34-3)26(36-5)25(13-17)35-4/h6-14,22H,15H2,1-5H3/t22-/m0/s1. The third-order valence-electron chi connectivity index (χ3n) is 6.00. The Labute approximate surface area is 214 Å². The molecule has 1 aliphatic rings. The Kier molecular flexibility index (Phi) is 7.55. The number of halogens is 1. The van der Waals surface area contributed by atoms with E-state index in [-0.39, 0.29) is 11.9 Å². The summed E-state index contributed by atoms with van der Waals surface area (Å²) in [5.41, 5.74) is 2.72. The molecule has 1 heterocycles. The van der Waals surface area contributed by atoms with Gasteiger partial charge in [-0.15, -0.1) is 0 Å². The summed E-state index contributed by atoms with van der Waals surface area (Å²) < 4.78 is 27.2. The molecule has 0 bridgehead atoms. The molecule has 36 heavy (non-hydrogen) atoms. The zero-order valence-corrected chi connectivity index (χ0v) is 21.5. The number of hydrogen-bond acceptors (Lipinski definition) is 7. The molecule has 0 unspecified atom stereocenters. The molecule has 1 aliphatic heterocycles. The van der Waals surface area contributed by atoms with Crippen LogP contribution < -0.4 is 23.7 Å². The minimum Gasteiger partial charge on any atom is -0.497 e. The van der Waals surface area contributed by atoms with Gasteiger partial charge in [-0.2, -0.15) is 5.10 Å². The molecule has 1 atom stereocenters.